The Labute approximate surface area is 160 Å². The summed E-state index contributed by atoms with van der Waals surface area (Å²) in [5.74, 6) is -1.51. The zero-order valence-electron chi connectivity index (χ0n) is 16.0. The number of nitrogens with one attached hydrogen (secondary N) is 1. The van der Waals surface area contributed by atoms with Crippen molar-refractivity contribution < 1.29 is 14.3 Å². The van der Waals surface area contributed by atoms with E-state index >= 15 is 0 Å². The van der Waals surface area contributed by atoms with Crippen LogP contribution in [0.1, 0.15) is 44.2 Å². The molecular formula is C22H26N2O3. The summed E-state index contributed by atoms with van der Waals surface area (Å²) < 4.78 is 5.08. The number of hydrogen-bond donors (Lipinski definition) is 1. The Morgan fingerprint density at radius 2 is 1.48 bits per heavy atom. The van der Waals surface area contributed by atoms with Gasteiger partial charge in [-0.1, -0.05) is 67.6 Å². The highest BCUT2D eigenvalue weighted by Crippen LogP contribution is 2.24. The monoisotopic (exact) mass is 366 g/mol. The van der Waals surface area contributed by atoms with Gasteiger partial charge in [0.25, 0.3) is 5.91 Å². The van der Waals surface area contributed by atoms with Gasteiger partial charge >= 0.3 is 5.97 Å². The first kappa shape index (κ1) is 20.4. The van der Waals surface area contributed by atoms with Crippen LogP contribution in [0.4, 0.5) is 0 Å². The van der Waals surface area contributed by atoms with Gasteiger partial charge in [0.2, 0.25) is 0 Å². The molecule has 2 aromatic carbocycles. The standard InChI is InChI=1S/C22H26N2O3/c1-4-19(22(26)27-5-2)16(3)23-24-21(25)20(17-12-8-6-9-13-17)18-14-10-7-11-15-18/h6-15,19-20H,4-5H2,1-3H3,(H,24,25)/b23-16-/t19-/m0/s1. The largest absolute Gasteiger partial charge is 0.465 e. The molecule has 0 aliphatic rings. The molecule has 2 aromatic rings. The summed E-state index contributed by atoms with van der Waals surface area (Å²) in [6.07, 6.45) is 0.560. The zero-order valence-corrected chi connectivity index (χ0v) is 16.0. The summed E-state index contributed by atoms with van der Waals surface area (Å²) in [6.45, 7) is 5.70. The first-order chi connectivity index (χ1) is 13.1. The lowest BCUT2D eigenvalue weighted by molar-refractivity contribution is -0.145. The van der Waals surface area contributed by atoms with Gasteiger partial charge in [-0.05, 0) is 31.4 Å². The number of esters is 1. The summed E-state index contributed by atoms with van der Waals surface area (Å²) in [6, 6.07) is 19.1. The van der Waals surface area contributed by atoms with Crippen LogP contribution in [0.15, 0.2) is 65.8 Å². The van der Waals surface area contributed by atoms with Crippen molar-refractivity contribution in [3.63, 3.8) is 0 Å². The second kappa shape index (κ2) is 10.3. The van der Waals surface area contributed by atoms with E-state index in [2.05, 4.69) is 10.5 Å². The molecule has 0 heterocycles. The zero-order chi connectivity index (χ0) is 19.6. The van der Waals surface area contributed by atoms with E-state index in [4.69, 9.17) is 4.74 Å². The predicted molar refractivity (Wildman–Crippen MR) is 106 cm³/mol. The van der Waals surface area contributed by atoms with Crippen LogP contribution in [0.2, 0.25) is 0 Å². The first-order valence-electron chi connectivity index (χ1n) is 9.19. The Hall–Kier alpha value is -2.95. The molecule has 27 heavy (non-hydrogen) atoms. The average molecular weight is 366 g/mol. The quantitative estimate of drug-likeness (QED) is 0.438. The predicted octanol–water partition coefficient (Wildman–Crippen LogP) is 3.90. The molecule has 0 aromatic heterocycles. The van der Waals surface area contributed by atoms with E-state index in [0.29, 0.717) is 18.7 Å². The molecule has 5 nitrogen and oxygen atoms in total. The Kier molecular flexibility index (Phi) is 7.74. The van der Waals surface area contributed by atoms with Crippen LogP contribution in [0.3, 0.4) is 0 Å². The highest BCUT2D eigenvalue weighted by molar-refractivity contribution is 6.01. The Bertz CT molecular complexity index is 733. The first-order valence-corrected chi connectivity index (χ1v) is 9.19. The molecule has 1 atom stereocenters. The number of rotatable bonds is 8. The number of hydrogen-bond acceptors (Lipinski definition) is 4. The average Bonchev–Trinajstić information content (AvgIpc) is 2.69. The highest BCUT2D eigenvalue weighted by atomic mass is 16.5. The topological polar surface area (TPSA) is 67.8 Å². The third-order valence-electron chi connectivity index (χ3n) is 4.35. The third-order valence-corrected chi connectivity index (χ3v) is 4.35. The SMILES string of the molecule is CCOC(=O)[C@@H](CC)/C(C)=N\NC(=O)C(c1ccccc1)c1ccccc1. The minimum Gasteiger partial charge on any atom is -0.465 e. The van der Waals surface area contributed by atoms with E-state index in [1.165, 1.54) is 0 Å². The normalized spacial score (nSPS) is 12.5. The molecule has 0 fully saturated rings. The van der Waals surface area contributed by atoms with Crippen molar-refractivity contribution in [2.24, 2.45) is 11.0 Å². The minimum absolute atomic E-state index is 0.245. The molecule has 1 N–H and O–H groups in total. The number of benzene rings is 2. The highest BCUT2D eigenvalue weighted by Gasteiger charge is 2.24. The van der Waals surface area contributed by atoms with E-state index in [0.717, 1.165) is 11.1 Å². The molecule has 0 spiro atoms. The molecule has 0 bridgehead atoms. The van der Waals surface area contributed by atoms with Crippen LogP contribution in [0.5, 0.6) is 0 Å². The Morgan fingerprint density at radius 1 is 0.963 bits per heavy atom. The van der Waals surface area contributed by atoms with Gasteiger partial charge in [-0.25, -0.2) is 5.43 Å². The summed E-state index contributed by atoms with van der Waals surface area (Å²) in [4.78, 5) is 24.9. The number of nitrogens with zero attached hydrogens (tertiary/aromatic N) is 1. The molecule has 0 unspecified atom stereocenters. The van der Waals surface area contributed by atoms with Crippen molar-refractivity contribution in [2.45, 2.75) is 33.1 Å². The maximum atomic E-state index is 12.9. The van der Waals surface area contributed by atoms with Crippen LogP contribution >= 0.6 is 0 Å². The van der Waals surface area contributed by atoms with Gasteiger partial charge in [0.1, 0.15) is 0 Å². The van der Waals surface area contributed by atoms with Gasteiger partial charge in [-0.3, -0.25) is 9.59 Å². The molecule has 142 valence electrons. The van der Waals surface area contributed by atoms with Crippen LogP contribution in [-0.4, -0.2) is 24.2 Å². The minimum atomic E-state index is -0.480. The molecule has 0 radical (unpaired) electrons. The van der Waals surface area contributed by atoms with Crippen molar-refractivity contribution in [1.82, 2.24) is 5.43 Å². The molecule has 0 aliphatic carbocycles. The van der Waals surface area contributed by atoms with E-state index in [1.807, 2.05) is 67.6 Å². The second-order valence-corrected chi connectivity index (χ2v) is 6.20. The van der Waals surface area contributed by atoms with Crippen molar-refractivity contribution in [3.05, 3.63) is 71.8 Å². The maximum Gasteiger partial charge on any atom is 0.314 e. The molecule has 5 heteroatoms. The summed E-state index contributed by atoms with van der Waals surface area (Å²) in [5, 5.41) is 4.19. The van der Waals surface area contributed by atoms with E-state index in [9.17, 15) is 9.59 Å². The molecular weight excluding hydrogens is 340 g/mol. The molecule has 2 rings (SSSR count). The fraction of sp³-hybridized carbons (Fsp3) is 0.318. The van der Waals surface area contributed by atoms with Gasteiger partial charge in [-0.15, -0.1) is 0 Å². The van der Waals surface area contributed by atoms with Gasteiger partial charge in [0.15, 0.2) is 0 Å². The van der Waals surface area contributed by atoms with Crippen LogP contribution in [0, 0.1) is 5.92 Å². The van der Waals surface area contributed by atoms with Crippen molar-refractivity contribution in [3.8, 4) is 0 Å². The lowest BCUT2D eigenvalue weighted by Crippen LogP contribution is -2.30. The number of carbonyl (C=O) groups excluding carboxylic acids is 2. The number of ether oxygens (including phenoxy) is 1. The van der Waals surface area contributed by atoms with Crippen molar-refractivity contribution in [2.75, 3.05) is 6.61 Å². The summed E-state index contributed by atoms with van der Waals surface area (Å²) in [7, 11) is 0. The summed E-state index contributed by atoms with van der Waals surface area (Å²) in [5.41, 5.74) is 4.93. The number of amides is 1. The van der Waals surface area contributed by atoms with Crippen molar-refractivity contribution >= 4 is 17.6 Å². The van der Waals surface area contributed by atoms with E-state index in [1.54, 1.807) is 13.8 Å². The third kappa shape index (κ3) is 5.51. The van der Waals surface area contributed by atoms with Crippen LogP contribution < -0.4 is 5.43 Å². The Balaban J connectivity index is 2.22. The molecule has 0 saturated heterocycles. The second-order valence-electron chi connectivity index (χ2n) is 6.20. The molecule has 0 saturated carbocycles. The smallest absolute Gasteiger partial charge is 0.314 e. The lowest BCUT2D eigenvalue weighted by atomic mass is 9.91. The lowest BCUT2D eigenvalue weighted by Gasteiger charge is -2.17. The van der Waals surface area contributed by atoms with Gasteiger partial charge in [0.05, 0.1) is 18.4 Å². The van der Waals surface area contributed by atoms with Gasteiger partial charge < -0.3 is 4.74 Å². The maximum absolute atomic E-state index is 12.9. The van der Waals surface area contributed by atoms with E-state index in [-0.39, 0.29) is 11.9 Å². The van der Waals surface area contributed by atoms with Gasteiger partial charge in [0, 0.05) is 5.71 Å². The summed E-state index contributed by atoms with van der Waals surface area (Å²) >= 11 is 0. The fourth-order valence-electron chi connectivity index (χ4n) is 2.95. The van der Waals surface area contributed by atoms with Crippen LogP contribution in [0.25, 0.3) is 0 Å². The van der Waals surface area contributed by atoms with Gasteiger partial charge in [-0.2, -0.15) is 5.10 Å². The Morgan fingerprint density at radius 3 is 1.93 bits per heavy atom. The fourth-order valence-corrected chi connectivity index (χ4v) is 2.95. The number of carbonyl (C=O) groups is 2. The molecule has 0 aliphatic heterocycles. The van der Waals surface area contributed by atoms with E-state index < -0.39 is 11.8 Å². The van der Waals surface area contributed by atoms with Crippen LogP contribution in [-0.2, 0) is 14.3 Å². The van der Waals surface area contributed by atoms with Crippen molar-refractivity contribution in [1.29, 1.82) is 0 Å². The number of hydrazone groups is 1. The molecule has 1 amide bonds.